The van der Waals surface area contributed by atoms with E-state index in [2.05, 4.69) is 59.0 Å². The van der Waals surface area contributed by atoms with Crippen molar-refractivity contribution in [3.63, 3.8) is 0 Å². The van der Waals surface area contributed by atoms with Gasteiger partial charge in [-0.05, 0) is 29.9 Å². The van der Waals surface area contributed by atoms with E-state index in [1.165, 1.54) is 11.5 Å². The van der Waals surface area contributed by atoms with Crippen molar-refractivity contribution in [1.82, 2.24) is 9.36 Å². The van der Waals surface area contributed by atoms with E-state index in [0.717, 1.165) is 60.2 Å². The SMILES string of the molecule is [C-]#[N+]c1c(-c2ccccc2)nsc1N=Nc1sc(N(CCCC)CCCC)nc1C(C)(C)C. The van der Waals surface area contributed by atoms with Crippen LogP contribution in [0.3, 0.4) is 0 Å². The molecule has 0 amide bonds. The van der Waals surface area contributed by atoms with Crippen molar-refractivity contribution >= 4 is 43.7 Å². The van der Waals surface area contributed by atoms with Crippen molar-refractivity contribution in [2.24, 2.45) is 10.2 Å². The maximum absolute atomic E-state index is 7.68. The Kier molecular flexibility index (Phi) is 8.70. The van der Waals surface area contributed by atoms with Crippen molar-refractivity contribution in [3.8, 4) is 11.3 Å². The Labute approximate surface area is 205 Å². The van der Waals surface area contributed by atoms with E-state index >= 15 is 0 Å². The zero-order valence-electron chi connectivity index (χ0n) is 20.1. The number of unbranched alkanes of at least 4 members (excludes halogenated alkanes) is 2. The third kappa shape index (κ3) is 6.24. The van der Waals surface area contributed by atoms with Gasteiger partial charge in [0, 0.05) is 18.5 Å². The van der Waals surface area contributed by atoms with Crippen LogP contribution in [0.1, 0.15) is 66.0 Å². The molecule has 3 aromatic rings. The Morgan fingerprint density at radius 2 is 1.64 bits per heavy atom. The van der Waals surface area contributed by atoms with E-state index in [-0.39, 0.29) is 5.41 Å². The standard InChI is InChI=1S/C25H32N6S2/c1-7-9-16-31(17-10-8-2)24-27-21(25(3,4)5)23(32-24)29-28-22-20(26-6)19(30-33-22)18-14-12-11-13-15-18/h11-15H,7-10,16-17H2,1-5H3. The highest BCUT2D eigenvalue weighted by Crippen LogP contribution is 2.45. The van der Waals surface area contributed by atoms with Crippen LogP contribution in [0.25, 0.3) is 16.1 Å². The minimum Gasteiger partial charge on any atom is -0.348 e. The first-order valence-electron chi connectivity index (χ1n) is 11.5. The van der Waals surface area contributed by atoms with Gasteiger partial charge in [0.25, 0.3) is 5.69 Å². The van der Waals surface area contributed by atoms with E-state index in [1.807, 2.05) is 30.3 Å². The average molecular weight is 481 g/mol. The Bertz CT molecular complexity index is 1090. The van der Waals surface area contributed by atoms with Gasteiger partial charge >= 0.3 is 0 Å². The topological polar surface area (TPSA) is 58.1 Å². The molecule has 8 heteroatoms. The molecule has 6 nitrogen and oxygen atoms in total. The number of hydrogen-bond acceptors (Lipinski definition) is 7. The maximum Gasteiger partial charge on any atom is 0.252 e. The number of benzene rings is 1. The van der Waals surface area contributed by atoms with E-state index in [9.17, 15) is 0 Å². The summed E-state index contributed by atoms with van der Waals surface area (Å²) in [4.78, 5) is 11.1. The second-order valence-corrected chi connectivity index (χ2v) is 10.7. The molecule has 33 heavy (non-hydrogen) atoms. The molecule has 0 spiro atoms. The van der Waals surface area contributed by atoms with Crippen LogP contribution in [0.5, 0.6) is 0 Å². The number of hydrogen-bond donors (Lipinski definition) is 0. The lowest BCUT2D eigenvalue weighted by molar-refractivity contribution is 0.571. The van der Waals surface area contributed by atoms with Gasteiger partial charge in [0.05, 0.1) is 18.0 Å². The average Bonchev–Trinajstić information content (AvgIpc) is 3.42. The number of anilines is 1. The van der Waals surface area contributed by atoms with Gasteiger partial charge in [-0.2, -0.15) is 0 Å². The molecule has 0 bridgehead atoms. The van der Waals surface area contributed by atoms with Crippen LogP contribution in [0.2, 0.25) is 0 Å². The molecule has 0 fully saturated rings. The normalized spacial score (nSPS) is 11.8. The van der Waals surface area contributed by atoms with Gasteiger partial charge in [-0.3, -0.25) is 0 Å². The molecular weight excluding hydrogens is 448 g/mol. The lowest BCUT2D eigenvalue weighted by Crippen LogP contribution is -2.25. The van der Waals surface area contributed by atoms with Crippen LogP contribution in [-0.4, -0.2) is 22.4 Å². The Balaban J connectivity index is 1.96. The van der Waals surface area contributed by atoms with Crippen LogP contribution in [0.4, 0.5) is 20.8 Å². The largest absolute Gasteiger partial charge is 0.348 e. The summed E-state index contributed by atoms with van der Waals surface area (Å²) in [5.74, 6) is 0. The van der Waals surface area contributed by atoms with E-state index in [0.29, 0.717) is 16.4 Å². The summed E-state index contributed by atoms with van der Waals surface area (Å²) >= 11 is 2.81. The fraction of sp³-hybridized carbons (Fsp3) is 0.480. The van der Waals surface area contributed by atoms with Crippen LogP contribution >= 0.6 is 22.9 Å². The molecular formula is C25H32N6S2. The van der Waals surface area contributed by atoms with Crippen molar-refractivity contribution in [1.29, 1.82) is 0 Å². The first kappa shape index (κ1) is 25.0. The van der Waals surface area contributed by atoms with Crippen molar-refractivity contribution in [3.05, 3.63) is 47.4 Å². The quantitative estimate of drug-likeness (QED) is 0.215. The van der Waals surface area contributed by atoms with Gasteiger partial charge in [-0.1, -0.05) is 89.1 Å². The number of azo groups is 1. The fourth-order valence-electron chi connectivity index (χ4n) is 3.31. The first-order chi connectivity index (χ1) is 15.9. The highest BCUT2D eigenvalue weighted by atomic mass is 32.1. The number of nitrogens with zero attached hydrogens (tertiary/aromatic N) is 6. The maximum atomic E-state index is 7.68. The fourth-order valence-corrected chi connectivity index (χ4v) is 5.14. The van der Waals surface area contributed by atoms with Gasteiger partial charge in [0.2, 0.25) is 0 Å². The smallest absolute Gasteiger partial charge is 0.252 e. The third-order valence-electron chi connectivity index (χ3n) is 5.18. The number of rotatable bonds is 10. The summed E-state index contributed by atoms with van der Waals surface area (Å²) in [6, 6.07) is 9.76. The highest BCUT2D eigenvalue weighted by Gasteiger charge is 2.26. The summed E-state index contributed by atoms with van der Waals surface area (Å²) in [6.07, 6.45) is 4.59. The molecule has 1 aromatic carbocycles. The van der Waals surface area contributed by atoms with Gasteiger partial charge in [0.1, 0.15) is 0 Å². The monoisotopic (exact) mass is 480 g/mol. The van der Waals surface area contributed by atoms with Crippen molar-refractivity contribution in [2.45, 2.75) is 65.7 Å². The van der Waals surface area contributed by atoms with Crippen LogP contribution in [-0.2, 0) is 5.41 Å². The number of aromatic nitrogens is 2. The van der Waals surface area contributed by atoms with E-state index in [4.69, 9.17) is 11.6 Å². The predicted octanol–water partition coefficient (Wildman–Crippen LogP) is 8.94. The summed E-state index contributed by atoms with van der Waals surface area (Å²) in [5.41, 5.74) is 2.82. The molecule has 0 aliphatic carbocycles. The second kappa shape index (κ2) is 11.5. The molecule has 0 aliphatic rings. The molecule has 2 aromatic heterocycles. The molecule has 0 radical (unpaired) electrons. The molecule has 0 atom stereocenters. The van der Waals surface area contributed by atoms with Gasteiger partial charge in [0.15, 0.2) is 15.1 Å². The zero-order chi connectivity index (χ0) is 23.8. The molecule has 0 unspecified atom stereocenters. The molecule has 174 valence electrons. The molecule has 3 rings (SSSR count). The van der Waals surface area contributed by atoms with E-state index < -0.39 is 0 Å². The molecule has 2 heterocycles. The summed E-state index contributed by atoms with van der Waals surface area (Å²) in [7, 11) is 0. The van der Waals surface area contributed by atoms with E-state index in [1.54, 1.807) is 11.3 Å². The lowest BCUT2D eigenvalue weighted by Gasteiger charge is -2.21. The van der Waals surface area contributed by atoms with Crippen LogP contribution < -0.4 is 4.90 Å². The second-order valence-electron chi connectivity index (χ2n) is 8.96. The third-order valence-corrected chi connectivity index (χ3v) is 6.91. The summed E-state index contributed by atoms with van der Waals surface area (Å²) in [5, 5.41) is 11.4. The molecule has 0 N–H and O–H groups in total. The van der Waals surface area contributed by atoms with Crippen LogP contribution in [0.15, 0.2) is 40.6 Å². The van der Waals surface area contributed by atoms with Gasteiger partial charge in [-0.15, -0.1) is 10.2 Å². The Hall–Kier alpha value is -2.63. The Morgan fingerprint density at radius 1 is 1.00 bits per heavy atom. The van der Waals surface area contributed by atoms with Gasteiger partial charge < -0.3 is 4.90 Å². The van der Waals surface area contributed by atoms with Crippen LogP contribution in [0, 0.1) is 6.57 Å². The molecule has 0 saturated carbocycles. The van der Waals surface area contributed by atoms with Crippen molar-refractivity contribution < 1.29 is 0 Å². The predicted molar refractivity (Wildman–Crippen MR) is 141 cm³/mol. The minimum absolute atomic E-state index is 0.157. The van der Waals surface area contributed by atoms with Crippen molar-refractivity contribution in [2.75, 3.05) is 18.0 Å². The Morgan fingerprint density at radius 3 is 2.21 bits per heavy atom. The summed E-state index contributed by atoms with van der Waals surface area (Å²) < 4.78 is 4.50. The zero-order valence-corrected chi connectivity index (χ0v) is 21.8. The lowest BCUT2D eigenvalue weighted by atomic mass is 9.93. The minimum atomic E-state index is -0.157. The molecule has 0 saturated heterocycles. The number of thiazole rings is 1. The summed E-state index contributed by atoms with van der Waals surface area (Å²) in [6.45, 7) is 20.6. The highest BCUT2D eigenvalue weighted by molar-refractivity contribution is 7.19. The van der Waals surface area contributed by atoms with Gasteiger partial charge in [-0.25, -0.2) is 14.2 Å². The first-order valence-corrected chi connectivity index (χ1v) is 13.1. The molecule has 0 aliphatic heterocycles.